The van der Waals surface area contributed by atoms with Gasteiger partial charge in [-0.3, -0.25) is 9.78 Å². The predicted molar refractivity (Wildman–Crippen MR) is 148 cm³/mol. The smallest absolute Gasteiger partial charge is 0.225 e. The third-order valence-electron chi connectivity index (χ3n) is 7.07. The minimum Gasteiger partial charge on any atom is -0.324 e. The number of aromatic nitrogens is 1. The first-order chi connectivity index (χ1) is 19.6. The van der Waals surface area contributed by atoms with Gasteiger partial charge in [-0.05, 0) is 54.7 Å². The lowest BCUT2D eigenvalue weighted by molar-refractivity contribution is -0.116. The molecule has 2 N–H and O–H groups in total. The number of piperazine rings is 1. The Hall–Kier alpha value is -3.35. The summed E-state index contributed by atoms with van der Waals surface area (Å²) in [5, 5.41) is 5.84. The van der Waals surface area contributed by atoms with Crippen LogP contribution in [-0.4, -0.2) is 55.0 Å². The molecule has 1 aliphatic heterocycles. The molecule has 0 bridgehead atoms. The van der Waals surface area contributed by atoms with E-state index in [4.69, 9.17) is 0 Å². The zero-order chi connectivity index (χ0) is 29.6. The third-order valence-corrected chi connectivity index (χ3v) is 9.19. The van der Waals surface area contributed by atoms with E-state index in [0.29, 0.717) is 44.1 Å². The van der Waals surface area contributed by atoms with Gasteiger partial charge in [0, 0.05) is 49.6 Å². The Bertz CT molecular complexity index is 1450. The summed E-state index contributed by atoms with van der Waals surface area (Å²) in [6.07, 6.45) is 2.96. The van der Waals surface area contributed by atoms with Gasteiger partial charge in [0.1, 0.15) is 23.3 Å². The Morgan fingerprint density at radius 2 is 1.76 bits per heavy atom. The fourth-order valence-electron chi connectivity index (χ4n) is 5.15. The Kier molecular flexibility index (Phi) is 10.1. The average Bonchev–Trinajstić information content (AvgIpc) is 2.91. The number of nitrogens with one attached hydrogen (secondary N) is 2. The summed E-state index contributed by atoms with van der Waals surface area (Å²) in [6, 6.07) is 7.79. The molecule has 1 fully saturated rings. The number of nitrogens with zero attached hydrogens (tertiary/aromatic N) is 2. The molecule has 7 nitrogen and oxygen atoms in total. The van der Waals surface area contributed by atoms with Gasteiger partial charge in [0.15, 0.2) is 0 Å². The summed E-state index contributed by atoms with van der Waals surface area (Å²) in [6.45, 7) is 3.05. The van der Waals surface area contributed by atoms with Gasteiger partial charge in [0.25, 0.3) is 0 Å². The number of carbonyl (C=O) groups excluding carboxylic acids is 1. The second-order valence-corrected chi connectivity index (χ2v) is 12.1. The number of halogens is 4. The van der Waals surface area contributed by atoms with Gasteiger partial charge in [-0.2, -0.15) is 4.31 Å². The van der Waals surface area contributed by atoms with Gasteiger partial charge >= 0.3 is 0 Å². The third kappa shape index (κ3) is 7.90. The number of carbonyl (C=O) groups is 1. The van der Waals surface area contributed by atoms with Crippen LogP contribution in [0.4, 0.5) is 23.2 Å². The lowest BCUT2D eigenvalue weighted by atomic mass is 9.88. The Morgan fingerprint density at radius 3 is 2.44 bits per heavy atom. The average molecular weight is 593 g/mol. The molecule has 2 aromatic carbocycles. The summed E-state index contributed by atoms with van der Waals surface area (Å²) >= 11 is 0. The molecule has 220 valence electrons. The van der Waals surface area contributed by atoms with Gasteiger partial charge in [-0.25, -0.2) is 26.0 Å². The first-order valence-corrected chi connectivity index (χ1v) is 15.0. The summed E-state index contributed by atoms with van der Waals surface area (Å²) in [5.74, 6) is -4.18. The lowest BCUT2D eigenvalue weighted by Crippen LogP contribution is -2.54. The van der Waals surface area contributed by atoms with Crippen LogP contribution >= 0.6 is 0 Å². The molecule has 4 rings (SSSR count). The lowest BCUT2D eigenvalue weighted by Gasteiger charge is -2.35. The normalized spacial score (nSPS) is 16.9. The highest BCUT2D eigenvalue weighted by Gasteiger charge is 2.32. The van der Waals surface area contributed by atoms with E-state index in [0.717, 1.165) is 18.3 Å². The molecule has 41 heavy (non-hydrogen) atoms. The largest absolute Gasteiger partial charge is 0.324 e. The van der Waals surface area contributed by atoms with Crippen molar-refractivity contribution in [3.63, 3.8) is 0 Å². The summed E-state index contributed by atoms with van der Waals surface area (Å²) in [7, 11) is -3.46. The van der Waals surface area contributed by atoms with Crippen LogP contribution in [0.2, 0.25) is 0 Å². The number of anilines is 1. The molecule has 1 saturated heterocycles. The molecule has 0 spiro atoms. The quantitative estimate of drug-likeness (QED) is 0.314. The zero-order valence-electron chi connectivity index (χ0n) is 22.5. The fourth-order valence-corrected chi connectivity index (χ4v) is 6.90. The van der Waals surface area contributed by atoms with Crippen LogP contribution in [0.25, 0.3) is 0 Å². The highest BCUT2D eigenvalue weighted by atomic mass is 32.2. The second kappa shape index (κ2) is 13.5. The number of hydrogen-bond acceptors (Lipinski definition) is 5. The zero-order valence-corrected chi connectivity index (χ0v) is 23.4. The number of pyridine rings is 1. The maximum Gasteiger partial charge on any atom is 0.225 e. The second-order valence-electron chi connectivity index (χ2n) is 10.0. The van der Waals surface area contributed by atoms with E-state index in [1.165, 1.54) is 34.8 Å². The van der Waals surface area contributed by atoms with Crippen LogP contribution in [0.3, 0.4) is 0 Å². The Morgan fingerprint density at radius 1 is 1.05 bits per heavy atom. The molecular weight excluding hydrogens is 560 g/mol. The van der Waals surface area contributed by atoms with E-state index in [9.17, 15) is 30.8 Å². The molecule has 2 heterocycles. The van der Waals surface area contributed by atoms with E-state index >= 15 is 0 Å². The number of rotatable bonds is 11. The van der Waals surface area contributed by atoms with Crippen LogP contribution in [-0.2, 0) is 21.2 Å². The van der Waals surface area contributed by atoms with Crippen molar-refractivity contribution in [1.82, 2.24) is 14.6 Å². The molecule has 1 aliphatic rings. The molecule has 3 aromatic rings. The maximum absolute atomic E-state index is 14.9. The molecule has 0 aliphatic carbocycles. The standard InChI is InChI=1S/C29H32F4N4O3S/c1-2-11-41(39,40)37-10-9-34-16-24(37)7-8-25-27(33)17-35-18-28(25)36-29(38)15-26(19-3-5-21(30)6-4-19)20-12-22(31)14-23(32)13-20/h3-6,12-14,17-18,24,26,34H,2,7-11,15-16H2,1H3,(H,36,38)/t24-,26-/m0/s1. The van der Waals surface area contributed by atoms with Crippen molar-refractivity contribution in [1.29, 1.82) is 0 Å². The number of benzene rings is 2. The van der Waals surface area contributed by atoms with E-state index in [-0.39, 0.29) is 41.5 Å². The van der Waals surface area contributed by atoms with Crippen LogP contribution in [0.5, 0.6) is 0 Å². The van der Waals surface area contributed by atoms with E-state index < -0.39 is 45.1 Å². The van der Waals surface area contributed by atoms with Crippen molar-refractivity contribution in [3.8, 4) is 0 Å². The SMILES string of the molecule is CCCS(=O)(=O)N1CCNC[C@@H]1CCc1c(F)cncc1NC(=O)C[C@@H](c1ccc(F)cc1)c1cc(F)cc(F)c1. The van der Waals surface area contributed by atoms with Crippen molar-refractivity contribution in [2.24, 2.45) is 0 Å². The topological polar surface area (TPSA) is 91.4 Å². The van der Waals surface area contributed by atoms with Crippen LogP contribution in [0.1, 0.15) is 48.8 Å². The Balaban J connectivity index is 1.54. The van der Waals surface area contributed by atoms with E-state index in [2.05, 4.69) is 15.6 Å². The molecule has 2 atom stereocenters. The van der Waals surface area contributed by atoms with Crippen molar-refractivity contribution in [2.45, 2.75) is 44.6 Å². The first-order valence-electron chi connectivity index (χ1n) is 13.4. The fraction of sp³-hybridized carbons (Fsp3) is 0.379. The van der Waals surface area contributed by atoms with Crippen LogP contribution in [0, 0.1) is 23.3 Å². The van der Waals surface area contributed by atoms with Gasteiger partial charge in [-0.15, -0.1) is 0 Å². The van der Waals surface area contributed by atoms with Crippen LogP contribution < -0.4 is 10.6 Å². The minimum atomic E-state index is -3.46. The van der Waals surface area contributed by atoms with Crippen molar-refractivity contribution < 1.29 is 30.8 Å². The molecule has 1 aromatic heterocycles. The minimum absolute atomic E-state index is 0.0266. The number of sulfonamides is 1. The van der Waals surface area contributed by atoms with E-state index in [1.54, 1.807) is 6.92 Å². The monoisotopic (exact) mass is 592 g/mol. The maximum atomic E-state index is 14.9. The highest BCUT2D eigenvalue weighted by molar-refractivity contribution is 7.89. The first kappa shape index (κ1) is 30.6. The molecule has 1 amide bonds. The molecule has 12 heteroatoms. The Labute approximate surface area is 237 Å². The van der Waals surface area contributed by atoms with Gasteiger partial charge in [0.2, 0.25) is 15.9 Å². The predicted octanol–water partition coefficient (Wildman–Crippen LogP) is 4.74. The molecule has 0 unspecified atom stereocenters. The molecule has 0 saturated carbocycles. The van der Waals surface area contributed by atoms with Crippen LogP contribution in [0.15, 0.2) is 54.9 Å². The van der Waals surface area contributed by atoms with Gasteiger partial charge in [0.05, 0.1) is 23.8 Å². The van der Waals surface area contributed by atoms with Gasteiger partial charge in [-0.1, -0.05) is 19.1 Å². The van der Waals surface area contributed by atoms with Crippen molar-refractivity contribution in [3.05, 3.63) is 94.8 Å². The van der Waals surface area contributed by atoms with Gasteiger partial charge < -0.3 is 10.6 Å². The highest BCUT2D eigenvalue weighted by Crippen LogP contribution is 2.31. The van der Waals surface area contributed by atoms with E-state index in [1.807, 2.05) is 0 Å². The van der Waals surface area contributed by atoms with Crippen molar-refractivity contribution >= 4 is 21.6 Å². The summed E-state index contributed by atoms with van der Waals surface area (Å²) < 4.78 is 83.6. The number of hydrogen-bond donors (Lipinski definition) is 2. The molecule has 0 radical (unpaired) electrons. The van der Waals surface area contributed by atoms with Crippen molar-refractivity contribution in [2.75, 3.05) is 30.7 Å². The molecular formula is C29H32F4N4O3S. The summed E-state index contributed by atoms with van der Waals surface area (Å²) in [4.78, 5) is 17.1. The number of amides is 1. The summed E-state index contributed by atoms with van der Waals surface area (Å²) in [5.41, 5.74) is 0.925.